The lowest BCUT2D eigenvalue weighted by molar-refractivity contribution is -0.127. The molecule has 0 atom stereocenters. The van der Waals surface area contributed by atoms with Crippen molar-refractivity contribution in [1.82, 2.24) is 16.0 Å². The van der Waals surface area contributed by atoms with Crippen molar-refractivity contribution in [2.75, 3.05) is 6.54 Å². The summed E-state index contributed by atoms with van der Waals surface area (Å²) in [6.45, 7) is 8.31. The molecule has 2 amide bonds. The molecule has 5 nitrogen and oxygen atoms in total. The van der Waals surface area contributed by atoms with Crippen LogP contribution in [0.5, 0.6) is 0 Å². The van der Waals surface area contributed by atoms with E-state index in [-0.39, 0.29) is 36.2 Å². The van der Waals surface area contributed by atoms with Gasteiger partial charge in [0.2, 0.25) is 11.8 Å². The second-order valence-electron chi connectivity index (χ2n) is 7.00. The number of amides is 2. The third kappa shape index (κ3) is 6.59. The van der Waals surface area contributed by atoms with E-state index in [9.17, 15) is 9.59 Å². The molecule has 0 saturated carbocycles. The molecule has 0 aromatic heterocycles. The highest BCUT2D eigenvalue weighted by atomic mass is 35.5. The van der Waals surface area contributed by atoms with Crippen molar-refractivity contribution in [2.45, 2.75) is 46.8 Å². The average Bonchev–Trinajstić information content (AvgIpc) is 2.88. The van der Waals surface area contributed by atoms with Crippen LogP contribution in [0.4, 0.5) is 0 Å². The molecule has 0 radical (unpaired) electrons. The van der Waals surface area contributed by atoms with E-state index in [0.29, 0.717) is 13.0 Å². The number of carbonyl (C=O) groups excluding carboxylic acids is 2. The second kappa shape index (κ2) is 8.31. The van der Waals surface area contributed by atoms with E-state index in [1.54, 1.807) is 0 Å². The number of hydrogen-bond donors (Lipinski definition) is 3. The molecule has 2 rings (SSSR count). The Bertz CT molecular complexity index is 567. The third-order valence-electron chi connectivity index (χ3n) is 3.53. The van der Waals surface area contributed by atoms with Crippen molar-refractivity contribution < 1.29 is 9.59 Å². The highest BCUT2D eigenvalue weighted by Crippen LogP contribution is 2.18. The Kier molecular flexibility index (Phi) is 7.03. The highest BCUT2D eigenvalue weighted by Gasteiger charge is 2.16. The minimum atomic E-state index is -0.166. The predicted octanol–water partition coefficient (Wildman–Crippen LogP) is 1.88. The Morgan fingerprint density at radius 3 is 2.48 bits per heavy atom. The lowest BCUT2D eigenvalue weighted by Crippen LogP contribution is -2.37. The summed E-state index contributed by atoms with van der Waals surface area (Å²) >= 11 is 0. The Balaban J connectivity index is 0.00000264. The molecule has 1 heterocycles. The Morgan fingerprint density at radius 2 is 1.78 bits per heavy atom. The normalized spacial score (nSPS) is 13.0. The first-order chi connectivity index (χ1) is 10.3. The molecule has 0 bridgehead atoms. The number of nitrogens with one attached hydrogen (secondary N) is 3. The van der Waals surface area contributed by atoms with Gasteiger partial charge in [-0.05, 0) is 22.1 Å². The fourth-order valence-corrected chi connectivity index (χ4v) is 2.44. The lowest BCUT2D eigenvalue weighted by Gasteiger charge is -2.17. The Morgan fingerprint density at radius 1 is 1.09 bits per heavy atom. The van der Waals surface area contributed by atoms with E-state index in [2.05, 4.69) is 28.1 Å². The van der Waals surface area contributed by atoms with Gasteiger partial charge in [0.15, 0.2) is 0 Å². The van der Waals surface area contributed by atoms with Gasteiger partial charge in [-0.25, -0.2) is 0 Å². The molecule has 1 aromatic rings. The van der Waals surface area contributed by atoms with E-state index in [4.69, 9.17) is 0 Å². The first kappa shape index (κ1) is 19.5. The van der Waals surface area contributed by atoms with Crippen LogP contribution in [0.25, 0.3) is 0 Å². The van der Waals surface area contributed by atoms with Crippen LogP contribution in [-0.4, -0.2) is 18.4 Å². The van der Waals surface area contributed by atoms with E-state index in [1.165, 1.54) is 11.1 Å². The summed E-state index contributed by atoms with van der Waals surface area (Å²) in [5, 5.41) is 8.79. The van der Waals surface area contributed by atoms with Gasteiger partial charge < -0.3 is 16.0 Å². The molecule has 1 aliphatic rings. The van der Waals surface area contributed by atoms with Gasteiger partial charge >= 0.3 is 0 Å². The maximum Gasteiger partial charge on any atom is 0.239 e. The molecular formula is C17H26ClN3O2. The topological polar surface area (TPSA) is 70.2 Å². The Hall–Kier alpha value is -1.59. The average molecular weight is 340 g/mol. The third-order valence-corrected chi connectivity index (χ3v) is 3.53. The van der Waals surface area contributed by atoms with Crippen LogP contribution in [0.2, 0.25) is 0 Å². The van der Waals surface area contributed by atoms with Crippen LogP contribution in [0, 0.1) is 5.41 Å². The van der Waals surface area contributed by atoms with Gasteiger partial charge in [-0.1, -0.05) is 39.0 Å². The van der Waals surface area contributed by atoms with Gasteiger partial charge in [0.25, 0.3) is 0 Å². The molecule has 0 spiro atoms. The van der Waals surface area contributed by atoms with Gasteiger partial charge in [0.05, 0.1) is 6.54 Å². The molecule has 1 aromatic carbocycles. The van der Waals surface area contributed by atoms with Crippen LogP contribution in [0.3, 0.4) is 0 Å². The number of fused-ring (bicyclic) bond motifs is 1. The maximum atomic E-state index is 11.8. The molecule has 0 fully saturated rings. The number of carbonyl (C=O) groups is 2. The summed E-state index contributed by atoms with van der Waals surface area (Å²) < 4.78 is 0. The fraction of sp³-hybridized carbons (Fsp3) is 0.529. The number of halogens is 1. The van der Waals surface area contributed by atoms with Crippen LogP contribution in [0.1, 0.15) is 43.9 Å². The summed E-state index contributed by atoms with van der Waals surface area (Å²) in [5.41, 5.74) is 3.63. The van der Waals surface area contributed by atoms with Gasteiger partial charge in [-0.3, -0.25) is 9.59 Å². The first-order valence-corrected chi connectivity index (χ1v) is 7.68. The smallest absolute Gasteiger partial charge is 0.239 e. The van der Waals surface area contributed by atoms with Crippen LogP contribution < -0.4 is 16.0 Å². The van der Waals surface area contributed by atoms with E-state index >= 15 is 0 Å². The number of hydrogen-bond acceptors (Lipinski definition) is 3. The lowest BCUT2D eigenvalue weighted by atomic mass is 9.92. The van der Waals surface area contributed by atoms with Crippen molar-refractivity contribution in [2.24, 2.45) is 5.41 Å². The molecular weight excluding hydrogens is 314 g/mol. The van der Waals surface area contributed by atoms with Gasteiger partial charge in [0.1, 0.15) is 0 Å². The van der Waals surface area contributed by atoms with Gasteiger partial charge in [-0.2, -0.15) is 0 Å². The summed E-state index contributed by atoms with van der Waals surface area (Å²) in [4.78, 5) is 23.4. The van der Waals surface area contributed by atoms with Crippen molar-refractivity contribution in [3.05, 3.63) is 34.9 Å². The minimum Gasteiger partial charge on any atom is -0.350 e. The van der Waals surface area contributed by atoms with Gasteiger partial charge in [0, 0.05) is 26.1 Å². The fourth-order valence-electron chi connectivity index (χ4n) is 2.44. The zero-order valence-electron chi connectivity index (χ0n) is 14.0. The molecule has 128 valence electrons. The van der Waals surface area contributed by atoms with Crippen molar-refractivity contribution in [3.63, 3.8) is 0 Å². The zero-order chi connectivity index (χ0) is 16.2. The SMILES string of the molecule is CC(C)(C)CC(=O)NCC(=O)NCc1ccc2c(c1)CNC2.Cl. The van der Waals surface area contributed by atoms with Crippen molar-refractivity contribution in [3.8, 4) is 0 Å². The standard InChI is InChI=1S/C17H25N3O2.ClH/c1-17(2,3)7-15(21)20-11-16(22)19-8-12-4-5-13-9-18-10-14(13)6-12;/h4-6,18H,7-11H2,1-3H3,(H,19,22)(H,20,21);1H. The van der Waals surface area contributed by atoms with Crippen molar-refractivity contribution in [1.29, 1.82) is 0 Å². The zero-order valence-corrected chi connectivity index (χ0v) is 14.8. The van der Waals surface area contributed by atoms with Crippen LogP contribution in [-0.2, 0) is 29.2 Å². The number of rotatable bonds is 5. The highest BCUT2D eigenvalue weighted by molar-refractivity contribution is 5.85. The van der Waals surface area contributed by atoms with E-state index in [1.807, 2.05) is 26.8 Å². The van der Waals surface area contributed by atoms with Crippen LogP contribution >= 0.6 is 12.4 Å². The molecule has 23 heavy (non-hydrogen) atoms. The molecule has 0 saturated heterocycles. The molecule has 6 heteroatoms. The van der Waals surface area contributed by atoms with E-state index < -0.39 is 0 Å². The van der Waals surface area contributed by atoms with Crippen molar-refractivity contribution >= 4 is 24.2 Å². The monoisotopic (exact) mass is 339 g/mol. The summed E-state index contributed by atoms with van der Waals surface area (Å²) in [5.74, 6) is -0.257. The largest absolute Gasteiger partial charge is 0.350 e. The van der Waals surface area contributed by atoms with Gasteiger partial charge in [-0.15, -0.1) is 12.4 Å². The summed E-state index contributed by atoms with van der Waals surface area (Å²) in [6, 6.07) is 6.25. The summed E-state index contributed by atoms with van der Waals surface area (Å²) in [7, 11) is 0. The molecule has 3 N–H and O–H groups in total. The minimum absolute atomic E-state index is 0. The Labute approximate surface area is 144 Å². The molecule has 0 unspecified atom stereocenters. The van der Waals surface area contributed by atoms with Crippen LogP contribution in [0.15, 0.2) is 18.2 Å². The number of benzene rings is 1. The predicted molar refractivity (Wildman–Crippen MR) is 93.2 cm³/mol. The second-order valence-corrected chi connectivity index (χ2v) is 7.00. The quantitative estimate of drug-likeness (QED) is 0.767. The molecule has 0 aliphatic carbocycles. The first-order valence-electron chi connectivity index (χ1n) is 7.68. The van der Waals surface area contributed by atoms with E-state index in [0.717, 1.165) is 18.7 Å². The molecule has 1 aliphatic heterocycles. The summed E-state index contributed by atoms with van der Waals surface area (Å²) in [6.07, 6.45) is 0.415. The maximum absolute atomic E-state index is 11.8.